The fourth-order valence-corrected chi connectivity index (χ4v) is 2.02. The number of carboxylic acid groups (broad SMARTS) is 1. The maximum atomic E-state index is 10.5. The van der Waals surface area contributed by atoms with Crippen LogP contribution in [0.15, 0.2) is 0 Å². The molecule has 0 atom stereocenters. The van der Waals surface area contributed by atoms with E-state index in [0.29, 0.717) is 19.6 Å². The van der Waals surface area contributed by atoms with E-state index in [1.807, 2.05) is 0 Å². The third kappa shape index (κ3) is 7.49. The van der Waals surface area contributed by atoms with E-state index in [-0.39, 0.29) is 40.7 Å². The Morgan fingerprint density at radius 1 is 1.00 bits per heavy atom. The molecule has 1 heterocycles. The number of aliphatic hydroxyl groups excluding tert-OH is 3. The van der Waals surface area contributed by atoms with Crippen LogP contribution in [0.2, 0.25) is 15.2 Å². The lowest BCUT2D eigenvalue weighted by Crippen LogP contribution is -2.32. The van der Waals surface area contributed by atoms with Crippen molar-refractivity contribution in [1.29, 1.82) is 0 Å². The van der Waals surface area contributed by atoms with Gasteiger partial charge in [0.15, 0.2) is 10.8 Å². The summed E-state index contributed by atoms with van der Waals surface area (Å²) < 4.78 is 0. The Hall–Kier alpha value is -0.870. The van der Waals surface area contributed by atoms with Gasteiger partial charge in [0, 0.05) is 19.6 Å². The fourth-order valence-electron chi connectivity index (χ4n) is 1.43. The number of aromatic nitrogens is 1. The van der Waals surface area contributed by atoms with Gasteiger partial charge in [0.1, 0.15) is 5.02 Å². The second-order valence-corrected chi connectivity index (χ2v) is 5.22. The molecule has 0 amide bonds. The van der Waals surface area contributed by atoms with Crippen LogP contribution in [0, 0.1) is 0 Å². The lowest BCUT2D eigenvalue weighted by Gasteiger charge is -2.17. The van der Waals surface area contributed by atoms with E-state index in [1.54, 1.807) is 4.90 Å². The van der Waals surface area contributed by atoms with Gasteiger partial charge in [-0.05, 0) is 0 Å². The van der Waals surface area contributed by atoms with Gasteiger partial charge in [0.05, 0.1) is 30.5 Å². The van der Waals surface area contributed by atoms with Crippen molar-refractivity contribution in [2.24, 2.45) is 0 Å². The number of nitrogen functional groups attached to an aromatic ring is 1. The molecule has 0 spiro atoms. The number of aliphatic hydroxyl groups is 3. The Bertz CT molecular complexity index is 505. The number of nitrogens with zero attached hydrogens (tertiary/aromatic N) is 2. The number of aromatic carboxylic acids is 1. The zero-order valence-electron chi connectivity index (χ0n) is 12.0. The van der Waals surface area contributed by atoms with Gasteiger partial charge >= 0.3 is 5.97 Å². The summed E-state index contributed by atoms with van der Waals surface area (Å²) in [5, 5.41) is 33.6. The van der Waals surface area contributed by atoms with Crippen LogP contribution < -0.4 is 5.73 Å². The Labute approximate surface area is 148 Å². The molecule has 6 N–H and O–H groups in total. The van der Waals surface area contributed by atoms with Crippen LogP contribution in [0.5, 0.6) is 0 Å². The number of carbonyl (C=O) groups is 1. The zero-order chi connectivity index (χ0) is 18.0. The number of carboxylic acids is 1. The molecule has 0 aliphatic rings. The summed E-state index contributed by atoms with van der Waals surface area (Å²) in [6, 6.07) is 0. The van der Waals surface area contributed by atoms with E-state index in [4.69, 9.17) is 61.0 Å². The average Bonchev–Trinajstić information content (AvgIpc) is 2.50. The topological polar surface area (TPSA) is 140 Å². The first-order valence-electron chi connectivity index (χ1n) is 6.38. The van der Waals surface area contributed by atoms with Crippen molar-refractivity contribution in [3.05, 3.63) is 20.9 Å². The first-order valence-corrected chi connectivity index (χ1v) is 7.51. The minimum atomic E-state index is -1.31. The molecule has 1 aromatic rings. The smallest absolute Gasteiger partial charge is 0.356 e. The van der Waals surface area contributed by atoms with Gasteiger partial charge in [-0.25, -0.2) is 9.78 Å². The van der Waals surface area contributed by atoms with Crippen molar-refractivity contribution in [2.45, 2.75) is 0 Å². The number of pyridine rings is 1. The molecule has 1 rings (SSSR count). The van der Waals surface area contributed by atoms with Crippen LogP contribution in [-0.2, 0) is 0 Å². The van der Waals surface area contributed by atoms with E-state index < -0.39 is 11.7 Å². The minimum absolute atomic E-state index is 0.0448. The fraction of sp³-hybridized carbons (Fsp3) is 0.500. The molecule has 0 unspecified atom stereocenters. The summed E-state index contributed by atoms with van der Waals surface area (Å²) in [7, 11) is 0. The number of anilines is 1. The lowest BCUT2D eigenvalue weighted by atomic mass is 10.3. The molecule has 0 saturated carbocycles. The third-order valence-corrected chi connectivity index (χ3v) is 3.66. The second kappa shape index (κ2) is 11.6. The molecule has 0 aromatic carbocycles. The van der Waals surface area contributed by atoms with Gasteiger partial charge in [-0.2, -0.15) is 0 Å². The largest absolute Gasteiger partial charge is 0.476 e. The first-order chi connectivity index (χ1) is 10.8. The SMILES string of the molecule is Nc1c(Cl)c(Cl)nc(C(=O)O)c1Cl.OCCN(CCO)CCO. The van der Waals surface area contributed by atoms with Crippen LogP contribution in [0.4, 0.5) is 5.69 Å². The Kier molecular flexibility index (Phi) is 11.2. The van der Waals surface area contributed by atoms with Crippen molar-refractivity contribution < 1.29 is 25.2 Å². The van der Waals surface area contributed by atoms with Crippen LogP contribution >= 0.6 is 34.8 Å². The molecule has 23 heavy (non-hydrogen) atoms. The van der Waals surface area contributed by atoms with E-state index >= 15 is 0 Å². The van der Waals surface area contributed by atoms with Gasteiger partial charge in [0.2, 0.25) is 0 Å². The van der Waals surface area contributed by atoms with Crippen molar-refractivity contribution in [2.75, 3.05) is 45.2 Å². The lowest BCUT2D eigenvalue weighted by molar-refractivity contribution is 0.0690. The molecule has 0 saturated heterocycles. The summed E-state index contributed by atoms with van der Waals surface area (Å²) in [6.45, 7) is 1.75. The summed E-state index contributed by atoms with van der Waals surface area (Å²) in [6.07, 6.45) is 0. The predicted octanol–water partition coefficient (Wildman–Crippen LogP) is 0.588. The molecule has 0 radical (unpaired) electrons. The Morgan fingerprint density at radius 3 is 1.78 bits per heavy atom. The van der Waals surface area contributed by atoms with Gasteiger partial charge in [-0.15, -0.1) is 0 Å². The van der Waals surface area contributed by atoms with E-state index in [9.17, 15) is 4.79 Å². The average molecular weight is 391 g/mol. The van der Waals surface area contributed by atoms with E-state index in [2.05, 4.69) is 4.98 Å². The highest BCUT2D eigenvalue weighted by Crippen LogP contribution is 2.34. The molecule has 1 aromatic heterocycles. The van der Waals surface area contributed by atoms with Crippen LogP contribution in [-0.4, -0.2) is 75.7 Å². The highest BCUT2D eigenvalue weighted by Gasteiger charge is 2.18. The van der Waals surface area contributed by atoms with Crippen molar-refractivity contribution in [3.63, 3.8) is 0 Å². The van der Waals surface area contributed by atoms with Crippen LogP contribution in [0.25, 0.3) is 0 Å². The summed E-state index contributed by atoms with van der Waals surface area (Å²) in [5.41, 5.74) is 4.88. The maximum Gasteiger partial charge on any atom is 0.356 e. The molecule has 132 valence electrons. The van der Waals surface area contributed by atoms with Gasteiger partial charge in [-0.3, -0.25) is 4.90 Å². The minimum Gasteiger partial charge on any atom is -0.476 e. The zero-order valence-corrected chi connectivity index (χ0v) is 14.3. The number of hydrogen-bond acceptors (Lipinski definition) is 7. The van der Waals surface area contributed by atoms with Crippen molar-refractivity contribution in [1.82, 2.24) is 9.88 Å². The molecule has 0 fully saturated rings. The number of halogens is 3. The van der Waals surface area contributed by atoms with E-state index in [0.717, 1.165) is 0 Å². The summed E-state index contributed by atoms with van der Waals surface area (Å²) in [5.74, 6) is -1.31. The molecule has 0 bridgehead atoms. The number of hydrogen-bond donors (Lipinski definition) is 5. The predicted molar refractivity (Wildman–Crippen MR) is 88.3 cm³/mol. The van der Waals surface area contributed by atoms with Crippen LogP contribution in [0.3, 0.4) is 0 Å². The molecular formula is C12H18Cl3N3O5. The Balaban J connectivity index is 0.000000438. The highest BCUT2D eigenvalue weighted by atomic mass is 35.5. The van der Waals surface area contributed by atoms with Crippen molar-refractivity contribution >= 4 is 46.5 Å². The normalized spacial score (nSPS) is 10.4. The van der Waals surface area contributed by atoms with E-state index in [1.165, 1.54) is 0 Å². The highest BCUT2D eigenvalue weighted by molar-refractivity contribution is 6.46. The quantitative estimate of drug-likeness (QED) is 0.426. The first kappa shape index (κ1) is 22.1. The van der Waals surface area contributed by atoms with Crippen LogP contribution in [0.1, 0.15) is 10.5 Å². The second-order valence-electron chi connectivity index (χ2n) is 4.11. The Morgan fingerprint density at radius 2 is 1.43 bits per heavy atom. The monoisotopic (exact) mass is 389 g/mol. The molecule has 0 aliphatic carbocycles. The van der Waals surface area contributed by atoms with Gasteiger partial charge in [0.25, 0.3) is 0 Å². The standard InChI is InChI=1S/C6H3Cl3N2O2.C6H15NO3/c7-1-3(10)2(8)5(9)11-4(1)6(12)13;8-4-1-7(2-5-9)3-6-10/h(H2,10,11)(H,12,13);8-10H,1-6H2. The molecular weight excluding hydrogens is 373 g/mol. The molecule has 0 aliphatic heterocycles. The molecule has 8 nitrogen and oxygen atoms in total. The number of nitrogens with two attached hydrogens (primary N) is 1. The van der Waals surface area contributed by atoms with Gasteiger partial charge < -0.3 is 26.2 Å². The van der Waals surface area contributed by atoms with Gasteiger partial charge in [-0.1, -0.05) is 34.8 Å². The maximum absolute atomic E-state index is 10.5. The summed E-state index contributed by atoms with van der Waals surface area (Å²) >= 11 is 16.6. The third-order valence-electron chi connectivity index (χ3n) is 2.52. The molecule has 11 heteroatoms. The number of rotatable bonds is 7. The summed E-state index contributed by atoms with van der Waals surface area (Å²) in [4.78, 5) is 15.8. The van der Waals surface area contributed by atoms with Crippen molar-refractivity contribution in [3.8, 4) is 0 Å².